The van der Waals surface area contributed by atoms with E-state index in [1.807, 2.05) is 0 Å². The van der Waals surface area contributed by atoms with Crippen LogP contribution in [0.25, 0.3) is 0 Å². The van der Waals surface area contributed by atoms with Gasteiger partial charge in [0.1, 0.15) is 0 Å². The average Bonchev–Trinajstić information content (AvgIpc) is 2.32. The van der Waals surface area contributed by atoms with Crippen LogP contribution in [0.3, 0.4) is 0 Å². The molecule has 0 aromatic heterocycles. The number of aliphatic hydroxyl groups is 1. The molecule has 0 unspecified atom stereocenters. The van der Waals surface area contributed by atoms with Gasteiger partial charge in [0.25, 0.3) is 0 Å². The Labute approximate surface area is 113 Å². The summed E-state index contributed by atoms with van der Waals surface area (Å²) < 4.78 is 0. The zero-order chi connectivity index (χ0) is 14.8. The third-order valence-corrected chi connectivity index (χ3v) is 2.88. The van der Waals surface area contributed by atoms with Crippen LogP contribution in [0.4, 0.5) is 9.59 Å². The van der Waals surface area contributed by atoms with Gasteiger partial charge in [0.2, 0.25) is 0 Å². The zero-order valence-corrected chi connectivity index (χ0v) is 11.3. The van der Waals surface area contributed by atoms with E-state index in [-0.39, 0.29) is 12.1 Å². The molecule has 0 bridgehead atoms. The van der Waals surface area contributed by atoms with Gasteiger partial charge < -0.3 is 32.5 Å². The highest BCUT2D eigenvalue weighted by Crippen LogP contribution is 2.17. The van der Waals surface area contributed by atoms with Gasteiger partial charge in [-0.2, -0.15) is 0 Å². The van der Waals surface area contributed by atoms with Crippen molar-refractivity contribution < 1.29 is 14.7 Å². The number of urea groups is 2. The van der Waals surface area contributed by atoms with E-state index in [0.29, 0.717) is 13.1 Å². The fraction of sp³-hybridized carbons (Fsp3) is 0.818. The minimum Gasteiger partial charge on any atom is -0.393 e. The zero-order valence-electron chi connectivity index (χ0n) is 11.3. The van der Waals surface area contributed by atoms with E-state index in [1.165, 1.54) is 4.90 Å². The monoisotopic (exact) mass is 275 g/mol. The lowest BCUT2D eigenvalue weighted by atomic mass is 9.93. The molecule has 0 aliphatic heterocycles. The van der Waals surface area contributed by atoms with Crippen LogP contribution in [0.5, 0.6) is 0 Å². The first kappa shape index (κ1) is 17.5. The van der Waals surface area contributed by atoms with Gasteiger partial charge in [-0.05, 0) is 25.7 Å². The highest BCUT2D eigenvalue weighted by molar-refractivity contribution is 5.72. The lowest BCUT2D eigenvalue weighted by Crippen LogP contribution is -2.41. The molecule has 4 amide bonds. The Morgan fingerprint density at radius 3 is 2.11 bits per heavy atom. The molecule has 112 valence electrons. The van der Waals surface area contributed by atoms with Crippen LogP contribution in [0.2, 0.25) is 0 Å². The number of nitrogens with one attached hydrogen (secondary N) is 1. The largest absolute Gasteiger partial charge is 0.393 e. The Balaban J connectivity index is 0.000000362. The summed E-state index contributed by atoms with van der Waals surface area (Å²) in [6.45, 7) is 0.981. The number of carbonyl (C=O) groups is 2. The van der Waals surface area contributed by atoms with Crippen LogP contribution >= 0.6 is 0 Å². The first-order valence-corrected chi connectivity index (χ1v) is 6.31. The maximum absolute atomic E-state index is 10.4. The summed E-state index contributed by atoms with van der Waals surface area (Å²) in [5.41, 5.74) is 14.9. The number of amides is 4. The van der Waals surface area contributed by atoms with Crippen molar-refractivity contribution in [1.29, 1.82) is 0 Å². The van der Waals surface area contributed by atoms with Crippen molar-refractivity contribution in [1.82, 2.24) is 10.2 Å². The fourth-order valence-corrected chi connectivity index (χ4v) is 1.73. The molecule has 8 heteroatoms. The molecule has 19 heavy (non-hydrogen) atoms. The van der Waals surface area contributed by atoms with Crippen LogP contribution in [0.15, 0.2) is 0 Å². The van der Waals surface area contributed by atoms with Crippen molar-refractivity contribution in [2.24, 2.45) is 17.2 Å². The van der Waals surface area contributed by atoms with Crippen LogP contribution in [-0.2, 0) is 0 Å². The van der Waals surface area contributed by atoms with Crippen molar-refractivity contribution >= 4 is 12.1 Å². The van der Waals surface area contributed by atoms with Gasteiger partial charge in [-0.25, -0.2) is 9.59 Å². The number of aliphatic hydroxyl groups excluding tert-OH is 1. The molecule has 0 spiro atoms. The molecule has 0 radical (unpaired) electrons. The van der Waals surface area contributed by atoms with Crippen LogP contribution in [0, 0.1) is 0 Å². The highest BCUT2D eigenvalue weighted by atomic mass is 16.3. The molecule has 8 N–H and O–H groups in total. The Bertz CT molecular complexity index is 280. The molecule has 0 atom stereocenters. The number of likely N-dealkylation sites (N-methyl/N-ethyl adjacent to an activating group) is 1. The molecule has 8 nitrogen and oxygen atoms in total. The molecule has 0 saturated heterocycles. The number of nitrogens with two attached hydrogens (primary N) is 3. The smallest absolute Gasteiger partial charge is 0.314 e. The van der Waals surface area contributed by atoms with Crippen molar-refractivity contribution in [3.63, 3.8) is 0 Å². The molecule has 1 aliphatic carbocycles. The summed E-state index contributed by atoms with van der Waals surface area (Å²) in [5.74, 6) is 0. The van der Waals surface area contributed by atoms with E-state index in [0.717, 1.165) is 25.7 Å². The standard InChI is InChI=1S/C7H14N2O2.C4H11N3O/c8-7(11)9-5-1-3-6(10)4-2-5;1-7(3-2-5)4(6)8/h5-6,10H,1-4H2,(H3,8,9,11);2-3,5H2,1H3,(H2,6,8). The van der Waals surface area contributed by atoms with Gasteiger partial charge in [-0.15, -0.1) is 0 Å². The third-order valence-electron chi connectivity index (χ3n) is 2.88. The predicted octanol–water partition coefficient (Wildman–Crippen LogP) is -1.09. The predicted molar refractivity (Wildman–Crippen MR) is 72.2 cm³/mol. The Hall–Kier alpha value is -1.54. The second kappa shape index (κ2) is 9.40. The number of hydrogen-bond donors (Lipinski definition) is 5. The van der Waals surface area contributed by atoms with Gasteiger partial charge in [0.05, 0.1) is 6.10 Å². The lowest BCUT2D eigenvalue weighted by molar-refractivity contribution is 0.118. The molecule has 1 saturated carbocycles. The van der Waals surface area contributed by atoms with E-state index in [2.05, 4.69) is 5.32 Å². The maximum atomic E-state index is 10.4. The number of primary amides is 2. The summed E-state index contributed by atoms with van der Waals surface area (Å²) in [6.07, 6.45) is 3.03. The summed E-state index contributed by atoms with van der Waals surface area (Å²) in [6, 6.07) is -0.724. The number of rotatable bonds is 3. The van der Waals surface area contributed by atoms with Gasteiger partial charge in [0.15, 0.2) is 0 Å². The van der Waals surface area contributed by atoms with Gasteiger partial charge in [0, 0.05) is 26.2 Å². The SMILES string of the molecule is CN(CCN)C(N)=O.NC(=O)NC1CCC(O)CC1. The Kier molecular flexibility index (Phi) is 8.64. The molecule has 1 fully saturated rings. The van der Waals surface area contributed by atoms with Crippen molar-refractivity contribution in [2.75, 3.05) is 20.1 Å². The molecule has 0 heterocycles. The highest BCUT2D eigenvalue weighted by Gasteiger charge is 2.19. The molecule has 1 rings (SSSR count). The second-order valence-electron chi connectivity index (χ2n) is 4.56. The minimum atomic E-state index is -0.466. The Morgan fingerprint density at radius 2 is 1.79 bits per heavy atom. The lowest BCUT2D eigenvalue weighted by Gasteiger charge is -2.25. The summed E-state index contributed by atoms with van der Waals surface area (Å²) in [7, 11) is 1.61. The van der Waals surface area contributed by atoms with E-state index in [9.17, 15) is 9.59 Å². The van der Waals surface area contributed by atoms with Crippen molar-refractivity contribution in [3.05, 3.63) is 0 Å². The number of carbonyl (C=O) groups excluding carboxylic acids is 2. The van der Waals surface area contributed by atoms with Crippen LogP contribution in [0.1, 0.15) is 25.7 Å². The maximum Gasteiger partial charge on any atom is 0.314 e. The van der Waals surface area contributed by atoms with Crippen molar-refractivity contribution in [2.45, 2.75) is 37.8 Å². The van der Waals surface area contributed by atoms with Crippen molar-refractivity contribution in [3.8, 4) is 0 Å². The van der Waals surface area contributed by atoms with E-state index in [1.54, 1.807) is 7.05 Å². The topological polar surface area (TPSA) is 148 Å². The third kappa shape index (κ3) is 9.09. The molecule has 0 aromatic carbocycles. The summed E-state index contributed by atoms with van der Waals surface area (Å²) in [4.78, 5) is 21.9. The molecule has 1 aliphatic rings. The van der Waals surface area contributed by atoms with Crippen LogP contribution < -0.4 is 22.5 Å². The normalized spacial score (nSPS) is 21.8. The molecule has 0 aromatic rings. The summed E-state index contributed by atoms with van der Waals surface area (Å²) in [5, 5.41) is 11.7. The average molecular weight is 275 g/mol. The van der Waals surface area contributed by atoms with Gasteiger partial charge in [-0.3, -0.25) is 0 Å². The number of nitrogens with zero attached hydrogens (tertiary/aromatic N) is 1. The van der Waals surface area contributed by atoms with Gasteiger partial charge in [-0.1, -0.05) is 0 Å². The first-order valence-electron chi connectivity index (χ1n) is 6.31. The van der Waals surface area contributed by atoms with E-state index in [4.69, 9.17) is 22.3 Å². The van der Waals surface area contributed by atoms with E-state index < -0.39 is 12.1 Å². The molecular weight excluding hydrogens is 250 g/mol. The fourth-order valence-electron chi connectivity index (χ4n) is 1.73. The van der Waals surface area contributed by atoms with E-state index >= 15 is 0 Å². The quantitative estimate of drug-likeness (QED) is 0.445. The second-order valence-corrected chi connectivity index (χ2v) is 4.56. The minimum absolute atomic E-state index is 0.177. The molecular formula is C11H25N5O3. The first-order chi connectivity index (χ1) is 8.86. The van der Waals surface area contributed by atoms with Gasteiger partial charge >= 0.3 is 12.1 Å². The summed E-state index contributed by atoms with van der Waals surface area (Å²) >= 11 is 0. The van der Waals surface area contributed by atoms with Crippen LogP contribution in [-0.4, -0.2) is 54.4 Å². The number of hydrogen-bond acceptors (Lipinski definition) is 4. The Morgan fingerprint density at radius 1 is 1.26 bits per heavy atom.